The van der Waals surface area contributed by atoms with Crippen molar-refractivity contribution in [3.05, 3.63) is 24.0 Å². The van der Waals surface area contributed by atoms with Crippen LogP contribution in [0.5, 0.6) is 5.75 Å². The van der Waals surface area contributed by atoms with Crippen LogP contribution in [0, 0.1) is 5.92 Å². The van der Waals surface area contributed by atoms with Crippen molar-refractivity contribution in [3.8, 4) is 5.75 Å². The zero-order valence-corrected chi connectivity index (χ0v) is 15.2. The molecule has 1 aromatic rings. The van der Waals surface area contributed by atoms with Gasteiger partial charge in [0, 0.05) is 12.7 Å². The third kappa shape index (κ3) is 4.61. The van der Waals surface area contributed by atoms with Gasteiger partial charge in [-0.15, -0.1) is 0 Å². The summed E-state index contributed by atoms with van der Waals surface area (Å²) < 4.78 is 23.7. The fourth-order valence-electron chi connectivity index (χ4n) is 3.20. The van der Waals surface area contributed by atoms with Gasteiger partial charge in [0.2, 0.25) is 0 Å². The topological polar surface area (TPSA) is 51.7 Å². The number of likely N-dealkylation sites (tertiary alicyclic amines) is 1. The number of rotatable bonds is 6. The van der Waals surface area contributed by atoms with Crippen LogP contribution in [0.4, 0.5) is 9.18 Å². The molecule has 1 amide bonds. The highest BCUT2D eigenvalue weighted by atomic mass is 19.1. The van der Waals surface area contributed by atoms with Gasteiger partial charge < -0.3 is 14.4 Å². The van der Waals surface area contributed by atoms with Crippen LogP contribution in [-0.4, -0.2) is 47.4 Å². The largest absolute Gasteiger partial charge is 0.490 e. The van der Waals surface area contributed by atoms with Gasteiger partial charge in [-0.25, -0.2) is 4.79 Å². The normalized spacial score (nSPS) is 25.3. The average molecular weight is 350 g/mol. The third-order valence-electron chi connectivity index (χ3n) is 4.78. The summed E-state index contributed by atoms with van der Waals surface area (Å²) in [5.41, 5.74) is 0.630. The predicted molar refractivity (Wildman–Crippen MR) is 92.5 cm³/mol. The van der Waals surface area contributed by atoms with Crippen LogP contribution in [0.1, 0.15) is 51.5 Å². The van der Waals surface area contributed by atoms with Crippen molar-refractivity contribution in [1.29, 1.82) is 0 Å². The monoisotopic (exact) mass is 350 g/mol. The Morgan fingerprint density at radius 2 is 2.20 bits per heavy atom. The molecule has 25 heavy (non-hydrogen) atoms. The molecule has 0 N–H and O–H groups in total. The number of halogens is 1. The zero-order chi connectivity index (χ0) is 18.0. The van der Waals surface area contributed by atoms with Gasteiger partial charge in [-0.3, -0.25) is 9.37 Å². The van der Waals surface area contributed by atoms with Crippen molar-refractivity contribution < 1.29 is 18.7 Å². The molecule has 3 rings (SSSR count). The first kappa shape index (κ1) is 18.0. The van der Waals surface area contributed by atoms with E-state index in [-0.39, 0.29) is 18.8 Å². The van der Waals surface area contributed by atoms with E-state index in [0.717, 1.165) is 18.4 Å². The summed E-state index contributed by atoms with van der Waals surface area (Å²) in [5.74, 6) is 1.56. The number of amides is 1. The van der Waals surface area contributed by atoms with Gasteiger partial charge in [-0.2, -0.15) is 0 Å². The summed E-state index contributed by atoms with van der Waals surface area (Å²) in [6.45, 7) is 6.47. The SMILES string of the molecule is CC(C)(C)OC(=O)N1CCC1COc1cncc(C2CC2CCF)c1. The van der Waals surface area contributed by atoms with E-state index < -0.39 is 5.60 Å². The number of nitrogens with zero attached hydrogens (tertiary/aromatic N) is 2. The van der Waals surface area contributed by atoms with Crippen LogP contribution in [0.15, 0.2) is 18.5 Å². The summed E-state index contributed by atoms with van der Waals surface area (Å²) >= 11 is 0. The molecule has 2 heterocycles. The van der Waals surface area contributed by atoms with Gasteiger partial charge in [-0.1, -0.05) is 0 Å². The highest BCUT2D eigenvalue weighted by Gasteiger charge is 2.38. The molecule has 3 atom stereocenters. The third-order valence-corrected chi connectivity index (χ3v) is 4.78. The molecule has 1 saturated carbocycles. The second kappa shape index (κ2) is 7.18. The van der Waals surface area contributed by atoms with Crippen molar-refractivity contribution >= 4 is 6.09 Å². The van der Waals surface area contributed by atoms with Crippen molar-refractivity contribution in [2.75, 3.05) is 19.8 Å². The fraction of sp³-hybridized carbons (Fsp3) is 0.684. The minimum atomic E-state index is -0.489. The van der Waals surface area contributed by atoms with E-state index in [1.54, 1.807) is 11.1 Å². The molecule has 0 radical (unpaired) electrons. The summed E-state index contributed by atoms with van der Waals surface area (Å²) in [4.78, 5) is 18.1. The van der Waals surface area contributed by atoms with Gasteiger partial charge in [0.15, 0.2) is 0 Å². The van der Waals surface area contributed by atoms with Crippen LogP contribution in [0.3, 0.4) is 0 Å². The van der Waals surface area contributed by atoms with Gasteiger partial charge in [0.05, 0.1) is 18.9 Å². The Morgan fingerprint density at radius 1 is 1.40 bits per heavy atom. The Balaban J connectivity index is 1.50. The maximum absolute atomic E-state index is 12.4. The average Bonchev–Trinajstić information content (AvgIpc) is 3.24. The molecule has 1 aliphatic carbocycles. The predicted octanol–water partition coefficient (Wildman–Crippen LogP) is 3.93. The van der Waals surface area contributed by atoms with Crippen molar-refractivity contribution in [3.63, 3.8) is 0 Å². The number of carbonyl (C=O) groups excluding carboxylic acids is 1. The van der Waals surface area contributed by atoms with E-state index in [1.807, 2.05) is 33.0 Å². The summed E-state index contributed by atoms with van der Waals surface area (Å²) in [5, 5.41) is 0. The molecule has 3 unspecified atom stereocenters. The first-order chi connectivity index (χ1) is 11.9. The summed E-state index contributed by atoms with van der Waals surface area (Å²) in [6.07, 6.45) is 5.81. The molecule has 6 heteroatoms. The second-order valence-corrected chi connectivity index (χ2v) is 7.96. The second-order valence-electron chi connectivity index (χ2n) is 7.96. The lowest BCUT2D eigenvalue weighted by atomic mass is 10.1. The van der Waals surface area contributed by atoms with Crippen molar-refractivity contribution in [2.45, 2.75) is 57.6 Å². The van der Waals surface area contributed by atoms with E-state index in [1.165, 1.54) is 0 Å². The molecule has 1 aliphatic heterocycles. The first-order valence-corrected chi connectivity index (χ1v) is 9.00. The van der Waals surface area contributed by atoms with E-state index >= 15 is 0 Å². The Hall–Kier alpha value is -1.85. The Labute approximate surface area is 148 Å². The van der Waals surface area contributed by atoms with Crippen LogP contribution in [0.25, 0.3) is 0 Å². The molecule has 0 spiro atoms. The number of hydrogen-bond acceptors (Lipinski definition) is 4. The quantitative estimate of drug-likeness (QED) is 0.780. The lowest BCUT2D eigenvalue weighted by Crippen LogP contribution is -2.55. The Morgan fingerprint density at radius 3 is 2.84 bits per heavy atom. The molecular weight excluding hydrogens is 323 g/mol. The van der Waals surface area contributed by atoms with E-state index in [0.29, 0.717) is 37.2 Å². The Bertz CT molecular complexity index is 617. The zero-order valence-electron chi connectivity index (χ0n) is 15.2. The lowest BCUT2D eigenvalue weighted by molar-refractivity contribution is -0.0141. The van der Waals surface area contributed by atoms with E-state index in [2.05, 4.69) is 4.98 Å². The van der Waals surface area contributed by atoms with Crippen LogP contribution in [0.2, 0.25) is 0 Å². The minimum absolute atomic E-state index is 0.0405. The van der Waals surface area contributed by atoms with Gasteiger partial charge in [0.25, 0.3) is 0 Å². The molecular formula is C19H27FN2O3. The first-order valence-electron chi connectivity index (χ1n) is 9.00. The number of carbonyl (C=O) groups is 1. The van der Waals surface area contributed by atoms with E-state index in [4.69, 9.17) is 9.47 Å². The van der Waals surface area contributed by atoms with E-state index in [9.17, 15) is 9.18 Å². The molecule has 1 saturated heterocycles. The number of alkyl halides is 1. The van der Waals surface area contributed by atoms with Gasteiger partial charge >= 0.3 is 6.09 Å². The summed E-state index contributed by atoms with van der Waals surface area (Å²) in [7, 11) is 0. The molecule has 0 aromatic carbocycles. The van der Waals surface area contributed by atoms with Crippen LogP contribution < -0.4 is 4.74 Å². The maximum Gasteiger partial charge on any atom is 0.410 e. The van der Waals surface area contributed by atoms with Crippen molar-refractivity contribution in [1.82, 2.24) is 9.88 Å². The summed E-state index contributed by atoms with van der Waals surface area (Å²) in [6, 6.07) is 2.03. The molecule has 2 fully saturated rings. The maximum atomic E-state index is 12.4. The standard InChI is InChI=1S/C19H27FN2O3/c1-19(2,3)25-18(23)22-7-5-15(22)12-24-16-8-14(10-21-11-16)17-9-13(17)4-6-20/h8,10-11,13,15,17H,4-7,9,12H2,1-3H3. The van der Waals surface area contributed by atoms with Crippen molar-refractivity contribution in [2.24, 2.45) is 5.92 Å². The fourth-order valence-corrected chi connectivity index (χ4v) is 3.20. The molecule has 5 nitrogen and oxygen atoms in total. The number of ether oxygens (including phenoxy) is 2. The molecule has 2 aliphatic rings. The van der Waals surface area contributed by atoms with Crippen LogP contribution in [-0.2, 0) is 4.74 Å². The molecule has 138 valence electrons. The number of pyridine rings is 1. The minimum Gasteiger partial charge on any atom is -0.490 e. The molecule has 0 bridgehead atoms. The number of hydrogen-bond donors (Lipinski definition) is 0. The highest BCUT2D eigenvalue weighted by molar-refractivity contribution is 5.69. The van der Waals surface area contributed by atoms with Gasteiger partial charge in [-0.05, 0) is 63.5 Å². The van der Waals surface area contributed by atoms with Gasteiger partial charge in [0.1, 0.15) is 18.0 Å². The Kier molecular flexibility index (Phi) is 5.16. The molecule has 1 aromatic heterocycles. The smallest absolute Gasteiger partial charge is 0.410 e. The highest BCUT2D eigenvalue weighted by Crippen LogP contribution is 2.49. The van der Waals surface area contributed by atoms with Crippen LogP contribution >= 0.6 is 0 Å². The lowest BCUT2D eigenvalue weighted by Gasteiger charge is -2.40. The number of aromatic nitrogens is 1.